The summed E-state index contributed by atoms with van der Waals surface area (Å²) >= 11 is 1.35. The summed E-state index contributed by atoms with van der Waals surface area (Å²) in [5, 5.41) is 7.69. The third-order valence-electron chi connectivity index (χ3n) is 4.66. The smallest absolute Gasteiger partial charge is 0.193 e. The molecule has 2 rings (SSSR count). The Morgan fingerprint density at radius 3 is 2.33 bits per heavy atom. The van der Waals surface area contributed by atoms with Crippen LogP contribution in [0.3, 0.4) is 0 Å². The van der Waals surface area contributed by atoms with Gasteiger partial charge in [-0.1, -0.05) is 44.7 Å². The Kier molecular flexibility index (Phi) is 6.33. The van der Waals surface area contributed by atoms with Gasteiger partial charge in [-0.3, -0.25) is 10.2 Å². The van der Waals surface area contributed by atoms with Crippen molar-refractivity contribution in [2.75, 3.05) is 13.1 Å². The zero-order chi connectivity index (χ0) is 17.7. The first kappa shape index (κ1) is 18.8. The Balaban J connectivity index is 1.75. The number of piperidine rings is 1. The molecule has 1 fully saturated rings. The summed E-state index contributed by atoms with van der Waals surface area (Å²) in [5.74, 6) is 0.743. The highest BCUT2D eigenvalue weighted by molar-refractivity contribution is 8.13. The molecular weight excluding hydrogens is 318 g/mol. The molecule has 5 heteroatoms. The van der Waals surface area contributed by atoms with Gasteiger partial charge in [-0.05, 0) is 48.3 Å². The second-order valence-electron chi connectivity index (χ2n) is 7.60. The fraction of sp³-hybridized carbons (Fsp3) is 0.579. The van der Waals surface area contributed by atoms with Crippen LogP contribution in [-0.2, 0) is 10.2 Å². The van der Waals surface area contributed by atoms with E-state index in [9.17, 15) is 4.79 Å². The minimum absolute atomic E-state index is 0.141. The molecule has 0 aromatic heterocycles. The maximum Gasteiger partial charge on any atom is 0.193 e. The lowest BCUT2D eigenvalue weighted by molar-refractivity contribution is -0.111. The third kappa shape index (κ3) is 5.55. The van der Waals surface area contributed by atoms with Crippen LogP contribution in [0.5, 0.6) is 0 Å². The van der Waals surface area contributed by atoms with E-state index < -0.39 is 0 Å². The van der Waals surface area contributed by atoms with E-state index in [0.717, 1.165) is 37.2 Å². The fourth-order valence-corrected chi connectivity index (χ4v) is 3.74. The van der Waals surface area contributed by atoms with Crippen LogP contribution in [0.1, 0.15) is 52.0 Å². The van der Waals surface area contributed by atoms with Crippen molar-refractivity contribution in [1.29, 1.82) is 5.41 Å². The third-order valence-corrected chi connectivity index (χ3v) is 5.60. The van der Waals surface area contributed by atoms with Crippen LogP contribution in [0.25, 0.3) is 0 Å². The normalized spacial score (nSPS) is 16.2. The highest BCUT2D eigenvalue weighted by Crippen LogP contribution is 2.28. The van der Waals surface area contributed by atoms with Crippen LogP contribution in [0.2, 0.25) is 0 Å². The Hall–Kier alpha value is -1.49. The van der Waals surface area contributed by atoms with Crippen molar-refractivity contribution in [1.82, 2.24) is 4.90 Å². The number of likely N-dealkylation sites (tertiary alicyclic amines) is 1. The molecule has 0 aliphatic carbocycles. The molecule has 1 aromatic carbocycles. The number of nitrogens with zero attached hydrogens (tertiary/aromatic N) is 1. The van der Waals surface area contributed by atoms with Crippen LogP contribution >= 0.6 is 11.8 Å². The van der Waals surface area contributed by atoms with Gasteiger partial charge < -0.3 is 10.6 Å². The molecule has 1 aliphatic rings. The van der Waals surface area contributed by atoms with E-state index in [0.29, 0.717) is 12.3 Å². The lowest BCUT2D eigenvalue weighted by atomic mass is 9.87. The Bertz CT molecular complexity index is 569. The number of nitrogens with one attached hydrogen (secondary N) is 1. The van der Waals surface area contributed by atoms with Crippen molar-refractivity contribution < 1.29 is 4.79 Å². The van der Waals surface area contributed by atoms with Crippen LogP contribution in [-0.4, -0.2) is 29.1 Å². The minimum atomic E-state index is 0.141. The van der Waals surface area contributed by atoms with Gasteiger partial charge in [-0.2, -0.15) is 0 Å². The van der Waals surface area contributed by atoms with Crippen molar-refractivity contribution in [2.45, 2.75) is 56.8 Å². The summed E-state index contributed by atoms with van der Waals surface area (Å²) in [4.78, 5) is 15.1. The molecule has 0 amide bonds. The van der Waals surface area contributed by atoms with Crippen LogP contribution < -0.4 is 5.73 Å². The van der Waals surface area contributed by atoms with Gasteiger partial charge in [0.25, 0.3) is 0 Å². The first-order valence-corrected chi connectivity index (χ1v) is 9.47. The lowest BCUT2D eigenvalue weighted by Crippen LogP contribution is -2.42. The average molecular weight is 348 g/mol. The number of rotatable bonds is 4. The van der Waals surface area contributed by atoms with Gasteiger partial charge in [0, 0.05) is 24.4 Å². The van der Waals surface area contributed by atoms with Gasteiger partial charge in [0.15, 0.2) is 11.1 Å². The quantitative estimate of drug-likeness (QED) is 0.491. The predicted molar refractivity (Wildman–Crippen MR) is 101 cm³/mol. The van der Waals surface area contributed by atoms with Crippen molar-refractivity contribution >= 4 is 22.8 Å². The minimum Gasteiger partial charge on any atom is -0.370 e. The molecule has 0 spiro atoms. The first-order valence-electron chi connectivity index (χ1n) is 8.66. The molecular formula is C19H29N3OS. The molecule has 1 saturated heterocycles. The first-order chi connectivity index (χ1) is 11.3. The second kappa shape index (κ2) is 8.06. The van der Waals surface area contributed by atoms with Crippen molar-refractivity contribution in [2.24, 2.45) is 11.7 Å². The molecule has 3 N–H and O–H groups in total. The number of carbonyl (C=O) groups is 1. The molecule has 0 bridgehead atoms. The van der Waals surface area contributed by atoms with Gasteiger partial charge in [0.1, 0.15) is 0 Å². The van der Waals surface area contributed by atoms with Gasteiger partial charge in [0.05, 0.1) is 0 Å². The number of carbonyl (C=O) groups excluding carboxylic acids is 1. The number of benzene rings is 1. The second-order valence-corrected chi connectivity index (χ2v) is 8.73. The van der Waals surface area contributed by atoms with E-state index in [1.807, 2.05) is 4.90 Å². The molecule has 1 aromatic rings. The molecule has 0 radical (unpaired) electrons. The van der Waals surface area contributed by atoms with Crippen LogP contribution in [0.15, 0.2) is 29.2 Å². The predicted octanol–water partition coefficient (Wildman–Crippen LogP) is 3.99. The average Bonchev–Trinajstić information content (AvgIpc) is 2.53. The molecule has 1 aliphatic heterocycles. The Morgan fingerprint density at radius 1 is 1.25 bits per heavy atom. The summed E-state index contributed by atoms with van der Waals surface area (Å²) < 4.78 is 0. The lowest BCUT2D eigenvalue weighted by Gasteiger charge is -2.32. The fourth-order valence-electron chi connectivity index (χ4n) is 2.99. The summed E-state index contributed by atoms with van der Waals surface area (Å²) in [6.07, 6.45) is 3.61. The molecule has 1 heterocycles. The molecule has 24 heavy (non-hydrogen) atoms. The summed E-state index contributed by atoms with van der Waals surface area (Å²) in [5.41, 5.74) is 6.94. The molecule has 132 valence electrons. The van der Waals surface area contributed by atoms with Crippen LogP contribution in [0.4, 0.5) is 0 Å². The van der Waals surface area contributed by atoms with Gasteiger partial charge >= 0.3 is 0 Å². The zero-order valence-electron chi connectivity index (χ0n) is 15.0. The maximum atomic E-state index is 12.2. The maximum absolute atomic E-state index is 12.2. The summed E-state index contributed by atoms with van der Waals surface area (Å²) in [6.45, 7) is 8.26. The van der Waals surface area contributed by atoms with Gasteiger partial charge in [-0.15, -0.1) is 0 Å². The van der Waals surface area contributed by atoms with E-state index in [1.54, 1.807) is 0 Å². The Morgan fingerprint density at radius 2 is 1.83 bits per heavy atom. The number of nitrogens with two attached hydrogens (primary N) is 1. The molecule has 0 atom stereocenters. The topological polar surface area (TPSA) is 70.2 Å². The number of thioether (sulfide) groups is 1. The van der Waals surface area contributed by atoms with Crippen molar-refractivity contribution in [3.8, 4) is 0 Å². The number of hydrogen-bond donors (Lipinski definition) is 2. The zero-order valence-corrected chi connectivity index (χ0v) is 15.8. The number of guanidine groups is 1. The van der Waals surface area contributed by atoms with Crippen molar-refractivity contribution in [3.05, 3.63) is 29.8 Å². The number of hydrogen-bond acceptors (Lipinski definition) is 3. The van der Waals surface area contributed by atoms with Crippen molar-refractivity contribution in [3.63, 3.8) is 0 Å². The highest BCUT2D eigenvalue weighted by Gasteiger charge is 2.20. The van der Waals surface area contributed by atoms with Gasteiger partial charge in [0.2, 0.25) is 0 Å². The highest BCUT2D eigenvalue weighted by atomic mass is 32.2. The monoisotopic (exact) mass is 347 g/mol. The van der Waals surface area contributed by atoms with E-state index in [4.69, 9.17) is 11.1 Å². The summed E-state index contributed by atoms with van der Waals surface area (Å²) in [6, 6.07) is 8.34. The Labute approximate surface area is 149 Å². The van der Waals surface area contributed by atoms with Gasteiger partial charge in [-0.25, -0.2) is 0 Å². The van der Waals surface area contributed by atoms with E-state index in [1.165, 1.54) is 17.3 Å². The molecule has 4 nitrogen and oxygen atoms in total. The standard InChI is InChI=1S/C19H29N3OS/c1-19(2,3)15-5-7-16(8-6-15)24-17(23)9-4-14-10-12-22(13-11-14)18(20)21/h5-8,14H,4,9-13H2,1-3H3,(H3,20,21). The van der Waals surface area contributed by atoms with Crippen LogP contribution in [0, 0.1) is 11.3 Å². The van der Waals surface area contributed by atoms with E-state index in [2.05, 4.69) is 45.0 Å². The summed E-state index contributed by atoms with van der Waals surface area (Å²) in [7, 11) is 0. The molecule has 0 saturated carbocycles. The molecule has 0 unspecified atom stereocenters. The SMILES string of the molecule is CC(C)(C)c1ccc(SC(=O)CCC2CCN(C(=N)N)CC2)cc1. The van der Waals surface area contributed by atoms with E-state index in [-0.39, 0.29) is 16.5 Å². The largest absolute Gasteiger partial charge is 0.370 e. The van der Waals surface area contributed by atoms with E-state index >= 15 is 0 Å².